The maximum absolute atomic E-state index is 11.8. The highest BCUT2D eigenvalue weighted by Crippen LogP contribution is 2.30. The summed E-state index contributed by atoms with van der Waals surface area (Å²) in [4.78, 5) is 37.8. The second-order valence-electron chi connectivity index (χ2n) is 5.07. The molecule has 1 aromatic rings. The fourth-order valence-electron chi connectivity index (χ4n) is 2.21. The summed E-state index contributed by atoms with van der Waals surface area (Å²) in [6, 6.07) is 0. The summed E-state index contributed by atoms with van der Waals surface area (Å²) in [5.41, 5.74) is 4.52. The first kappa shape index (κ1) is 17.8. The van der Waals surface area contributed by atoms with E-state index in [1.165, 1.54) is 0 Å². The van der Waals surface area contributed by atoms with Gasteiger partial charge < -0.3 is 25.1 Å². The van der Waals surface area contributed by atoms with E-state index in [1.54, 1.807) is 6.92 Å². The van der Waals surface area contributed by atoms with Gasteiger partial charge in [-0.05, 0) is 0 Å². The van der Waals surface area contributed by atoms with E-state index >= 15 is 0 Å². The summed E-state index contributed by atoms with van der Waals surface area (Å²) in [6.07, 6.45) is -3.50. The lowest BCUT2D eigenvalue weighted by Gasteiger charge is -2.19. The van der Waals surface area contributed by atoms with Gasteiger partial charge in [0.05, 0.1) is 6.20 Å². The number of nitrogens with two attached hydrogens (primary N) is 1. The predicted octanol–water partition coefficient (Wildman–Crippen LogP) is -1.64. The lowest BCUT2D eigenvalue weighted by molar-refractivity contribution is -0.158. The third kappa shape index (κ3) is 3.86. The molecule has 24 heavy (non-hydrogen) atoms. The van der Waals surface area contributed by atoms with Crippen molar-refractivity contribution < 1.29 is 28.9 Å². The molecule has 11 heteroatoms. The fourth-order valence-corrected chi connectivity index (χ4v) is 2.21. The van der Waals surface area contributed by atoms with Crippen LogP contribution in [0.15, 0.2) is 11.0 Å². The van der Waals surface area contributed by atoms with Crippen molar-refractivity contribution in [3.63, 3.8) is 0 Å². The summed E-state index contributed by atoms with van der Waals surface area (Å²) in [6.45, 7) is 2.52. The Hall–Kier alpha value is -2.53. The Morgan fingerprint density at radius 1 is 1.50 bits per heavy atom. The van der Waals surface area contributed by atoms with Gasteiger partial charge in [-0.15, -0.1) is 0 Å². The first-order chi connectivity index (χ1) is 11.3. The SMILES string of the molecule is CCC(=O)OC[C@H]1O[C@@H](n2ncc(N)nc2=O)[C@@H](O)[C@@H]1OC(C)=O. The number of ether oxygens (including phenoxy) is 3. The summed E-state index contributed by atoms with van der Waals surface area (Å²) >= 11 is 0. The molecule has 0 spiro atoms. The second kappa shape index (κ2) is 7.36. The highest BCUT2D eigenvalue weighted by molar-refractivity contribution is 5.69. The molecule has 0 aromatic carbocycles. The molecule has 1 fully saturated rings. The number of rotatable bonds is 5. The number of anilines is 1. The smallest absolute Gasteiger partial charge is 0.368 e. The topological polar surface area (TPSA) is 156 Å². The third-order valence-electron chi connectivity index (χ3n) is 3.28. The Balaban J connectivity index is 2.23. The number of aliphatic hydroxyl groups excluding tert-OH is 1. The molecule has 0 radical (unpaired) electrons. The van der Waals surface area contributed by atoms with E-state index in [0.29, 0.717) is 0 Å². The normalized spacial score (nSPS) is 26.1. The Bertz CT molecular complexity index is 677. The van der Waals surface area contributed by atoms with E-state index in [4.69, 9.17) is 19.9 Å². The zero-order valence-corrected chi connectivity index (χ0v) is 13.1. The van der Waals surface area contributed by atoms with Gasteiger partial charge in [0.15, 0.2) is 12.3 Å². The van der Waals surface area contributed by atoms with Gasteiger partial charge in [-0.3, -0.25) is 9.59 Å². The summed E-state index contributed by atoms with van der Waals surface area (Å²) < 4.78 is 16.3. The standard InChI is InChI=1S/C13H18N4O7/c1-3-9(19)22-5-7-11(23-6(2)18)10(20)12(24-7)17-13(21)16-8(14)4-15-17/h4,7,10-12,20H,3,5H2,1-2H3,(H2,14,16,21)/t7-,10+,11-,12-/m1/s1. The minimum atomic E-state index is -1.41. The van der Waals surface area contributed by atoms with Gasteiger partial charge >= 0.3 is 17.6 Å². The highest BCUT2D eigenvalue weighted by Gasteiger charge is 2.48. The molecule has 1 aliphatic rings. The van der Waals surface area contributed by atoms with Gasteiger partial charge in [0, 0.05) is 13.3 Å². The van der Waals surface area contributed by atoms with E-state index < -0.39 is 42.2 Å². The van der Waals surface area contributed by atoms with Crippen molar-refractivity contribution in [2.24, 2.45) is 0 Å². The van der Waals surface area contributed by atoms with E-state index in [9.17, 15) is 19.5 Å². The van der Waals surface area contributed by atoms with Crippen molar-refractivity contribution in [2.75, 3.05) is 12.3 Å². The van der Waals surface area contributed by atoms with Crippen molar-refractivity contribution in [1.29, 1.82) is 0 Å². The van der Waals surface area contributed by atoms with Crippen LogP contribution in [-0.2, 0) is 23.8 Å². The second-order valence-corrected chi connectivity index (χ2v) is 5.07. The molecule has 2 rings (SSSR count). The molecular weight excluding hydrogens is 324 g/mol. The summed E-state index contributed by atoms with van der Waals surface area (Å²) in [5.74, 6) is -1.23. The first-order valence-corrected chi connectivity index (χ1v) is 7.21. The Labute approximate surface area is 136 Å². The zero-order chi connectivity index (χ0) is 17.9. The van der Waals surface area contributed by atoms with Crippen LogP contribution in [-0.4, -0.2) is 56.7 Å². The van der Waals surface area contributed by atoms with Crippen LogP contribution in [0.2, 0.25) is 0 Å². The lowest BCUT2D eigenvalue weighted by Crippen LogP contribution is -2.40. The van der Waals surface area contributed by atoms with E-state index in [2.05, 4.69) is 10.1 Å². The van der Waals surface area contributed by atoms with Crippen LogP contribution < -0.4 is 11.4 Å². The number of nitrogen functional groups attached to an aromatic ring is 1. The molecule has 0 unspecified atom stereocenters. The first-order valence-electron chi connectivity index (χ1n) is 7.21. The van der Waals surface area contributed by atoms with Crippen molar-refractivity contribution in [1.82, 2.24) is 14.8 Å². The Kier molecular flexibility index (Phi) is 5.46. The van der Waals surface area contributed by atoms with Crippen molar-refractivity contribution in [3.8, 4) is 0 Å². The van der Waals surface area contributed by atoms with E-state index in [1.807, 2.05) is 0 Å². The van der Waals surface area contributed by atoms with Crippen LogP contribution >= 0.6 is 0 Å². The molecule has 0 amide bonds. The molecule has 1 aromatic heterocycles. The third-order valence-corrected chi connectivity index (χ3v) is 3.28. The molecule has 4 atom stereocenters. The van der Waals surface area contributed by atoms with Crippen LogP contribution in [0.5, 0.6) is 0 Å². The van der Waals surface area contributed by atoms with Crippen LogP contribution in [0, 0.1) is 0 Å². The van der Waals surface area contributed by atoms with Gasteiger partial charge in [-0.2, -0.15) is 14.8 Å². The number of hydrogen-bond acceptors (Lipinski definition) is 10. The average molecular weight is 342 g/mol. The van der Waals surface area contributed by atoms with E-state index in [-0.39, 0.29) is 18.8 Å². The molecule has 132 valence electrons. The minimum absolute atomic E-state index is 0.0892. The van der Waals surface area contributed by atoms with Gasteiger partial charge in [-0.25, -0.2) is 4.79 Å². The fraction of sp³-hybridized carbons (Fsp3) is 0.615. The number of hydrogen-bond donors (Lipinski definition) is 2. The molecule has 2 heterocycles. The molecule has 11 nitrogen and oxygen atoms in total. The minimum Gasteiger partial charge on any atom is -0.463 e. The number of esters is 2. The number of carbonyl (C=O) groups is 2. The summed E-state index contributed by atoms with van der Waals surface area (Å²) in [7, 11) is 0. The molecule has 1 saturated heterocycles. The molecule has 0 saturated carbocycles. The van der Waals surface area contributed by atoms with Gasteiger partial charge in [-0.1, -0.05) is 6.92 Å². The highest BCUT2D eigenvalue weighted by atomic mass is 16.6. The Morgan fingerprint density at radius 2 is 2.21 bits per heavy atom. The molecule has 3 N–H and O–H groups in total. The van der Waals surface area contributed by atoms with Gasteiger partial charge in [0.2, 0.25) is 0 Å². The van der Waals surface area contributed by atoms with Crippen LogP contribution in [0.4, 0.5) is 5.82 Å². The monoisotopic (exact) mass is 342 g/mol. The predicted molar refractivity (Wildman–Crippen MR) is 77.4 cm³/mol. The van der Waals surface area contributed by atoms with Crippen molar-refractivity contribution in [2.45, 2.75) is 44.8 Å². The van der Waals surface area contributed by atoms with Gasteiger partial charge in [0.25, 0.3) is 0 Å². The molecule has 1 aliphatic heterocycles. The van der Waals surface area contributed by atoms with Crippen LogP contribution in [0.3, 0.4) is 0 Å². The number of carbonyl (C=O) groups excluding carboxylic acids is 2. The summed E-state index contributed by atoms with van der Waals surface area (Å²) in [5, 5.41) is 14.1. The van der Waals surface area contributed by atoms with E-state index in [0.717, 1.165) is 17.8 Å². The van der Waals surface area contributed by atoms with Crippen LogP contribution in [0.1, 0.15) is 26.5 Å². The lowest BCUT2D eigenvalue weighted by atomic mass is 10.1. The maximum Gasteiger partial charge on any atom is 0.368 e. The molecule has 0 aliphatic carbocycles. The molecule has 0 bridgehead atoms. The zero-order valence-electron chi connectivity index (χ0n) is 13.1. The van der Waals surface area contributed by atoms with Gasteiger partial charge in [0.1, 0.15) is 24.6 Å². The van der Waals surface area contributed by atoms with Crippen molar-refractivity contribution in [3.05, 3.63) is 16.7 Å². The largest absolute Gasteiger partial charge is 0.463 e. The average Bonchev–Trinajstić information content (AvgIpc) is 2.81. The number of nitrogens with zero attached hydrogens (tertiary/aromatic N) is 3. The Morgan fingerprint density at radius 3 is 2.79 bits per heavy atom. The number of aliphatic hydroxyl groups is 1. The van der Waals surface area contributed by atoms with Crippen LogP contribution in [0.25, 0.3) is 0 Å². The maximum atomic E-state index is 11.8. The van der Waals surface area contributed by atoms with Crippen molar-refractivity contribution >= 4 is 17.8 Å². The number of aromatic nitrogens is 3. The molecular formula is C13H18N4O7. The quantitative estimate of drug-likeness (QED) is 0.595.